The molecule has 3 unspecified atom stereocenters. The molecule has 0 saturated carbocycles. The van der Waals surface area contributed by atoms with Crippen LogP contribution in [0.25, 0.3) is 0 Å². The SMILES string of the molecule is CCCOC(CC(C(C)=O)C(=O)[O-])OCCC.CCCOC(CC(C(C)=O)C(=O)[O-])OCCC.CCCOC(CC(C(C)=O)C(=O)[O-])OCCC.[Ga+3]. The summed E-state index contributed by atoms with van der Waals surface area (Å²) in [6.07, 6.45) is 2.93. The van der Waals surface area contributed by atoms with E-state index in [-0.39, 0.29) is 39.1 Å². The molecule has 0 spiro atoms. The average Bonchev–Trinajstić information content (AvgIpc) is 3.06. The Labute approximate surface area is 323 Å². The standard InChI is InChI=1S/3C12H22O5.Ga/c3*1-4-6-16-11(17-7-5-2)8-10(9(3)13)12(14)15;/h3*10-11H,4-8H2,1-3H3,(H,14,15);/q;;;+3/p-3. The van der Waals surface area contributed by atoms with Crippen LogP contribution in [0, 0.1) is 17.8 Å². The van der Waals surface area contributed by atoms with Crippen molar-refractivity contribution in [2.75, 3.05) is 39.6 Å². The second kappa shape index (κ2) is 37.1. The average molecular weight is 806 g/mol. The molecule has 0 fully saturated rings. The van der Waals surface area contributed by atoms with Crippen molar-refractivity contribution < 1.29 is 72.5 Å². The molecule has 0 aromatic carbocycles. The van der Waals surface area contributed by atoms with Gasteiger partial charge in [-0.25, -0.2) is 0 Å². The molecule has 0 radical (unpaired) electrons. The summed E-state index contributed by atoms with van der Waals surface area (Å²) in [6, 6.07) is 0. The Morgan fingerprint density at radius 1 is 0.385 bits per heavy atom. The maximum absolute atomic E-state index is 11.1. The van der Waals surface area contributed by atoms with E-state index in [4.69, 9.17) is 28.4 Å². The zero-order valence-corrected chi connectivity index (χ0v) is 35.2. The van der Waals surface area contributed by atoms with Crippen molar-refractivity contribution in [2.24, 2.45) is 17.8 Å². The topological polar surface area (TPSA) is 227 Å². The van der Waals surface area contributed by atoms with Crippen LogP contribution >= 0.6 is 0 Å². The summed E-state index contributed by atoms with van der Waals surface area (Å²) >= 11 is 0. The first kappa shape index (κ1) is 56.6. The van der Waals surface area contributed by atoms with Crippen molar-refractivity contribution in [2.45, 2.75) is 139 Å². The third-order valence-electron chi connectivity index (χ3n) is 6.66. The number of rotatable bonds is 30. The first-order chi connectivity index (χ1) is 24.1. The van der Waals surface area contributed by atoms with Crippen molar-refractivity contribution >= 4 is 55.0 Å². The second-order valence-corrected chi connectivity index (χ2v) is 11.7. The van der Waals surface area contributed by atoms with Gasteiger partial charge in [-0.2, -0.15) is 0 Å². The van der Waals surface area contributed by atoms with Crippen molar-refractivity contribution in [3.8, 4) is 0 Å². The molecule has 300 valence electrons. The van der Waals surface area contributed by atoms with Crippen molar-refractivity contribution in [1.82, 2.24) is 0 Å². The molecule has 0 saturated heterocycles. The number of carbonyl (C=O) groups is 6. The smallest absolute Gasteiger partial charge is 0.549 e. The number of Topliss-reactive ketones (excluding diaryl/α,β-unsaturated/α-hetero) is 3. The van der Waals surface area contributed by atoms with E-state index in [9.17, 15) is 44.1 Å². The molecule has 0 aliphatic heterocycles. The fourth-order valence-electron chi connectivity index (χ4n) is 3.91. The van der Waals surface area contributed by atoms with E-state index in [1.807, 2.05) is 41.5 Å². The molecule has 0 heterocycles. The molecule has 16 heteroatoms. The van der Waals surface area contributed by atoms with E-state index in [1.165, 1.54) is 20.8 Å². The molecule has 52 heavy (non-hydrogen) atoms. The van der Waals surface area contributed by atoms with Gasteiger partial charge in [0.05, 0.1) is 35.7 Å². The molecule has 0 amide bonds. The number of hydrogen-bond donors (Lipinski definition) is 0. The van der Waals surface area contributed by atoms with Crippen LogP contribution in [0.2, 0.25) is 0 Å². The van der Waals surface area contributed by atoms with Gasteiger partial charge in [0.2, 0.25) is 0 Å². The summed E-state index contributed by atoms with van der Waals surface area (Å²) in [7, 11) is 0. The number of hydrogen-bond acceptors (Lipinski definition) is 15. The maximum atomic E-state index is 11.1. The Kier molecular flexibility index (Phi) is 40.4. The van der Waals surface area contributed by atoms with Gasteiger partial charge in [0.15, 0.2) is 18.9 Å². The van der Waals surface area contributed by atoms with E-state index in [2.05, 4.69) is 0 Å². The number of ketones is 3. The second-order valence-electron chi connectivity index (χ2n) is 11.7. The summed E-state index contributed by atoms with van der Waals surface area (Å²) in [5.74, 6) is -8.90. The van der Waals surface area contributed by atoms with Gasteiger partial charge >= 0.3 is 19.8 Å². The van der Waals surface area contributed by atoms with Crippen LogP contribution < -0.4 is 15.3 Å². The van der Waals surface area contributed by atoms with Crippen LogP contribution in [0.5, 0.6) is 0 Å². The van der Waals surface area contributed by atoms with Crippen molar-refractivity contribution in [3.05, 3.63) is 0 Å². The maximum Gasteiger partial charge on any atom is 3.00 e. The van der Waals surface area contributed by atoms with Crippen LogP contribution in [0.4, 0.5) is 0 Å². The molecular weight excluding hydrogens is 742 g/mol. The van der Waals surface area contributed by atoms with Crippen LogP contribution in [0.15, 0.2) is 0 Å². The Balaban J connectivity index is -0.000000329. The van der Waals surface area contributed by atoms with Gasteiger partial charge in [0, 0.05) is 58.9 Å². The Morgan fingerprint density at radius 2 is 0.538 bits per heavy atom. The summed E-state index contributed by atoms with van der Waals surface area (Å²) in [5.41, 5.74) is 0. The number of ether oxygens (including phenoxy) is 6. The predicted octanol–water partition coefficient (Wildman–Crippen LogP) is 1.15. The molecule has 0 aromatic heterocycles. The van der Waals surface area contributed by atoms with Gasteiger partial charge in [-0.05, 0) is 59.3 Å². The van der Waals surface area contributed by atoms with Gasteiger partial charge in [-0.1, -0.05) is 41.5 Å². The summed E-state index contributed by atoms with van der Waals surface area (Å²) in [4.78, 5) is 65.8. The van der Waals surface area contributed by atoms with Crippen LogP contribution in [-0.2, 0) is 57.2 Å². The summed E-state index contributed by atoms with van der Waals surface area (Å²) in [5, 5.41) is 32.3. The third kappa shape index (κ3) is 31.4. The minimum Gasteiger partial charge on any atom is -0.549 e. The number of carboxylic acid groups (broad SMARTS) is 3. The molecule has 0 aliphatic rings. The Morgan fingerprint density at radius 3 is 0.635 bits per heavy atom. The van der Waals surface area contributed by atoms with E-state index in [1.54, 1.807) is 0 Å². The van der Waals surface area contributed by atoms with Crippen LogP contribution in [-0.4, -0.2) is 114 Å². The molecular formula is C36H63GaO15. The minimum atomic E-state index is -1.37. The van der Waals surface area contributed by atoms with Crippen molar-refractivity contribution in [1.29, 1.82) is 0 Å². The summed E-state index contributed by atoms with van der Waals surface area (Å²) in [6.45, 7) is 18.2. The number of carbonyl (C=O) groups excluding carboxylic acids is 6. The van der Waals surface area contributed by atoms with Gasteiger partial charge in [0.1, 0.15) is 17.3 Å². The molecule has 0 aromatic rings. The van der Waals surface area contributed by atoms with Gasteiger partial charge in [-0.3, -0.25) is 14.4 Å². The van der Waals surface area contributed by atoms with E-state index in [0.29, 0.717) is 39.6 Å². The fraction of sp³-hybridized carbons (Fsp3) is 0.833. The summed E-state index contributed by atoms with van der Waals surface area (Å²) < 4.78 is 32.2. The monoisotopic (exact) mass is 804 g/mol. The molecule has 0 aliphatic carbocycles. The van der Waals surface area contributed by atoms with Crippen LogP contribution in [0.1, 0.15) is 120 Å². The van der Waals surface area contributed by atoms with Gasteiger partial charge in [-0.15, -0.1) is 0 Å². The first-order valence-electron chi connectivity index (χ1n) is 17.9. The van der Waals surface area contributed by atoms with E-state index < -0.39 is 71.9 Å². The Hall–Kier alpha value is -2.18. The van der Waals surface area contributed by atoms with Crippen molar-refractivity contribution in [3.63, 3.8) is 0 Å². The number of carboxylic acids is 3. The Bertz CT molecular complexity index is 777. The largest absolute Gasteiger partial charge is 3.00 e. The zero-order chi connectivity index (χ0) is 39.8. The molecule has 0 N–H and O–H groups in total. The zero-order valence-electron chi connectivity index (χ0n) is 32.8. The first-order valence-corrected chi connectivity index (χ1v) is 17.9. The molecule has 3 atom stereocenters. The molecule has 15 nitrogen and oxygen atoms in total. The molecule has 0 bridgehead atoms. The van der Waals surface area contributed by atoms with E-state index >= 15 is 0 Å². The number of aliphatic carboxylic acids is 3. The van der Waals surface area contributed by atoms with Crippen LogP contribution in [0.3, 0.4) is 0 Å². The predicted molar refractivity (Wildman–Crippen MR) is 186 cm³/mol. The quantitative estimate of drug-likeness (QED) is 0.0564. The normalized spacial score (nSPS) is 12.5. The third-order valence-corrected chi connectivity index (χ3v) is 6.66. The van der Waals surface area contributed by atoms with Gasteiger partial charge in [0.25, 0.3) is 0 Å². The molecule has 0 rings (SSSR count). The minimum absolute atomic E-state index is 0. The van der Waals surface area contributed by atoms with Gasteiger partial charge < -0.3 is 58.1 Å². The fourth-order valence-corrected chi connectivity index (χ4v) is 3.91. The van der Waals surface area contributed by atoms with E-state index in [0.717, 1.165) is 38.5 Å².